The zero-order chi connectivity index (χ0) is 22.3. The molecule has 3 heterocycles. The lowest BCUT2D eigenvalue weighted by Gasteiger charge is -2.14. The van der Waals surface area contributed by atoms with Crippen LogP contribution in [0.4, 0.5) is 0 Å². The van der Waals surface area contributed by atoms with Gasteiger partial charge in [0.15, 0.2) is 5.58 Å². The number of benzene rings is 2. The van der Waals surface area contributed by atoms with E-state index in [1.807, 2.05) is 42.5 Å². The van der Waals surface area contributed by atoms with E-state index in [1.165, 1.54) is 51.9 Å². The molecule has 192 valence electrons. The van der Waals surface area contributed by atoms with Crippen molar-refractivity contribution in [3.05, 3.63) is 42.5 Å². The van der Waals surface area contributed by atoms with Gasteiger partial charge in [0.05, 0.1) is 13.2 Å². The van der Waals surface area contributed by atoms with E-state index in [4.69, 9.17) is 13.9 Å². The van der Waals surface area contributed by atoms with Crippen LogP contribution in [0.3, 0.4) is 0 Å². The number of rotatable bonds is 11. The molecule has 35 heavy (non-hydrogen) atoms. The summed E-state index contributed by atoms with van der Waals surface area (Å²) in [5.41, 5.74) is 2.55. The quantitative estimate of drug-likeness (QED) is 0.285. The molecule has 6 nitrogen and oxygen atoms in total. The second-order valence-corrected chi connectivity index (χ2v) is 9.17. The van der Waals surface area contributed by atoms with Crippen LogP contribution in [-0.4, -0.2) is 67.3 Å². The monoisotopic (exact) mass is 521 g/mol. The maximum atomic E-state index is 6.03. The zero-order valence-electron chi connectivity index (χ0n) is 20.3. The molecular formula is C27H37Cl2N3O3. The highest BCUT2D eigenvalue weighted by molar-refractivity contribution is 5.85. The van der Waals surface area contributed by atoms with Crippen LogP contribution in [0.5, 0.6) is 11.5 Å². The predicted octanol–water partition coefficient (Wildman–Crippen LogP) is 6.07. The molecule has 2 aliphatic heterocycles. The SMILES string of the molecule is Cl.Cl.c1cc(-c2nc3ccc(OCCCN4CCCC4)cc3o2)ccc1OCCCN1CCCC1. The Morgan fingerprint density at radius 2 is 1.26 bits per heavy atom. The van der Waals surface area contributed by atoms with Crippen molar-refractivity contribution in [2.45, 2.75) is 38.5 Å². The molecule has 0 spiro atoms. The molecule has 0 unspecified atom stereocenters. The van der Waals surface area contributed by atoms with Crippen LogP contribution >= 0.6 is 24.8 Å². The number of nitrogens with zero attached hydrogens (tertiary/aromatic N) is 3. The van der Waals surface area contributed by atoms with Crippen LogP contribution in [0.25, 0.3) is 22.6 Å². The van der Waals surface area contributed by atoms with Crippen LogP contribution in [0, 0.1) is 0 Å². The van der Waals surface area contributed by atoms with Gasteiger partial charge in [-0.15, -0.1) is 24.8 Å². The maximum absolute atomic E-state index is 6.03. The minimum Gasteiger partial charge on any atom is -0.494 e. The Balaban J connectivity index is 0.00000171. The summed E-state index contributed by atoms with van der Waals surface area (Å²) in [6.07, 6.45) is 7.46. The highest BCUT2D eigenvalue weighted by Crippen LogP contribution is 2.28. The molecule has 2 aliphatic rings. The van der Waals surface area contributed by atoms with E-state index >= 15 is 0 Å². The highest BCUT2D eigenvalue weighted by Gasteiger charge is 2.13. The van der Waals surface area contributed by atoms with Crippen LogP contribution in [-0.2, 0) is 0 Å². The van der Waals surface area contributed by atoms with Crippen LogP contribution in [0.15, 0.2) is 46.9 Å². The van der Waals surface area contributed by atoms with Crippen molar-refractivity contribution in [1.82, 2.24) is 14.8 Å². The van der Waals surface area contributed by atoms with Gasteiger partial charge in [0.2, 0.25) is 5.89 Å². The second kappa shape index (κ2) is 13.9. The van der Waals surface area contributed by atoms with Gasteiger partial charge < -0.3 is 23.7 Å². The number of hydrogen-bond donors (Lipinski definition) is 0. The Kier molecular flexibility index (Phi) is 11.0. The van der Waals surface area contributed by atoms with Crippen molar-refractivity contribution in [3.63, 3.8) is 0 Å². The first-order chi connectivity index (χ1) is 16.3. The molecule has 0 N–H and O–H groups in total. The van der Waals surface area contributed by atoms with Gasteiger partial charge in [0.25, 0.3) is 0 Å². The summed E-state index contributed by atoms with van der Waals surface area (Å²) in [7, 11) is 0. The van der Waals surface area contributed by atoms with E-state index in [0.717, 1.165) is 67.3 Å². The third-order valence-electron chi connectivity index (χ3n) is 6.63. The van der Waals surface area contributed by atoms with E-state index in [0.29, 0.717) is 5.89 Å². The smallest absolute Gasteiger partial charge is 0.227 e. The molecule has 0 saturated carbocycles. The number of fused-ring (bicyclic) bond motifs is 1. The number of hydrogen-bond acceptors (Lipinski definition) is 6. The topological polar surface area (TPSA) is 51.0 Å². The van der Waals surface area contributed by atoms with E-state index < -0.39 is 0 Å². The van der Waals surface area contributed by atoms with Gasteiger partial charge in [0.1, 0.15) is 17.0 Å². The molecule has 0 atom stereocenters. The maximum Gasteiger partial charge on any atom is 0.227 e. The molecule has 0 bridgehead atoms. The third kappa shape index (κ3) is 7.74. The molecule has 2 aromatic carbocycles. The summed E-state index contributed by atoms with van der Waals surface area (Å²) in [5, 5.41) is 0. The molecule has 0 radical (unpaired) electrons. The van der Waals surface area contributed by atoms with Crippen LogP contribution in [0.2, 0.25) is 0 Å². The number of halogens is 2. The summed E-state index contributed by atoms with van der Waals surface area (Å²) in [5.74, 6) is 2.35. The number of aromatic nitrogens is 1. The highest BCUT2D eigenvalue weighted by atomic mass is 35.5. The fourth-order valence-electron chi connectivity index (χ4n) is 4.78. The molecule has 2 saturated heterocycles. The second-order valence-electron chi connectivity index (χ2n) is 9.17. The summed E-state index contributed by atoms with van der Waals surface area (Å²) in [4.78, 5) is 9.68. The molecule has 3 aromatic rings. The minimum atomic E-state index is 0. The van der Waals surface area contributed by atoms with Crippen LogP contribution in [0.1, 0.15) is 38.5 Å². The molecule has 8 heteroatoms. The average Bonchev–Trinajstić information content (AvgIpc) is 3.62. The number of likely N-dealkylation sites (tertiary alicyclic amines) is 2. The third-order valence-corrected chi connectivity index (χ3v) is 6.63. The van der Waals surface area contributed by atoms with Crippen molar-refractivity contribution in [2.75, 3.05) is 52.5 Å². The fraction of sp³-hybridized carbons (Fsp3) is 0.519. The average molecular weight is 523 g/mol. The van der Waals surface area contributed by atoms with E-state index in [1.54, 1.807) is 0 Å². The van der Waals surface area contributed by atoms with E-state index in [9.17, 15) is 0 Å². The number of ether oxygens (including phenoxy) is 2. The zero-order valence-corrected chi connectivity index (χ0v) is 22.0. The van der Waals surface area contributed by atoms with Gasteiger partial charge in [-0.3, -0.25) is 0 Å². The van der Waals surface area contributed by atoms with Gasteiger partial charge in [-0.25, -0.2) is 4.98 Å². The summed E-state index contributed by atoms with van der Waals surface area (Å²) in [6, 6.07) is 13.9. The van der Waals surface area contributed by atoms with Crippen molar-refractivity contribution in [3.8, 4) is 23.0 Å². The molecule has 1 aromatic heterocycles. The Morgan fingerprint density at radius 1 is 0.714 bits per heavy atom. The molecule has 2 fully saturated rings. The first-order valence-electron chi connectivity index (χ1n) is 12.5. The lowest BCUT2D eigenvalue weighted by atomic mass is 10.2. The Morgan fingerprint density at radius 3 is 1.86 bits per heavy atom. The first-order valence-corrected chi connectivity index (χ1v) is 12.5. The first kappa shape index (κ1) is 27.6. The minimum absolute atomic E-state index is 0. The van der Waals surface area contributed by atoms with Gasteiger partial charge >= 0.3 is 0 Å². The Bertz CT molecular complexity index is 1020. The lowest BCUT2D eigenvalue weighted by Crippen LogP contribution is -2.21. The summed E-state index contributed by atoms with van der Waals surface area (Å²) < 4.78 is 17.9. The van der Waals surface area contributed by atoms with E-state index in [-0.39, 0.29) is 24.8 Å². The van der Waals surface area contributed by atoms with Crippen molar-refractivity contribution in [1.29, 1.82) is 0 Å². The Labute approximate surface area is 220 Å². The van der Waals surface area contributed by atoms with Gasteiger partial charge in [-0.05, 0) is 101 Å². The lowest BCUT2D eigenvalue weighted by molar-refractivity contribution is 0.263. The van der Waals surface area contributed by atoms with Crippen molar-refractivity contribution < 1.29 is 13.9 Å². The normalized spacial score (nSPS) is 16.2. The summed E-state index contributed by atoms with van der Waals surface area (Å²) in [6.45, 7) is 8.68. The molecule has 5 rings (SSSR count). The molecule has 0 amide bonds. The van der Waals surface area contributed by atoms with E-state index in [2.05, 4.69) is 14.8 Å². The van der Waals surface area contributed by atoms with Crippen LogP contribution < -0.4 is 9.47 Å². The van der Waals surface area contributed by atoms with Gasteiger partial charge in [0, 0.05) is 24.7 Å². The largest absolute Gasteiger partial charge is 0.494 e. The predicted molar refractivity (Wildman–Crippen MR) is 146 cm³/mol. The van der Waals surface area contributed by atoms with Gasteiger partial charge in [-0.1, -0.05) is 0 Å². The molecule has 0 aliphatic carbocycles. The van der Waals surface area contributed by atoms with Gasteiger partial charge in [-0.2, -0.15) is 0 Å². The molecular weight excluding hydrogens is 485 g/mol. The van der Waals surface area contributed by atoms with Crippen molar-refractivity contribution in [2.24, 2.45) is 0 Å². The summed E-state index contributed by atoms with van der Waals surface area (Å²) >= 11 is 0. The van der Waals surface area contributed by atoms with Crippen molar-refractivity contribution >= 4 is 35.9 Å². The standard InChI is InChI=1S/C27H35N3O3.2ClH/c1-2-14-29(13-1)17-5-19-31-23-9-7-22(8-10-23)27-28-25-12-11-24(21-26(25)33-27)32-20-6-18-30-15-3-4-16-30;;/h7-12,21H,1-6,13-20H2;2*1H. The fourth-order valence-corrected chi connectivity index (χ4v) is 4.78. The Hall–Kier alpha value is -1.99. The number of oxazole rings is 1.